The summed E-state index contributed by atoms with van der Waals surface area (Å²) >= 11 is 0. The molecule has 0 atom stereocenters. The SMILES string of the molecule is N#CC1CCN(C(=O)Cc2ccc(F)c(F)c2)CC1. The van der Waals surface area contributed by atoms with Crippen molar-refractivity contribution in [2.24, 2.45) is 5.92 Å². The molecule has 1 aromatic carbocycles. The third-order valence-corrected chi connectivity index (χ3v) is 3.37. The molecule has 1 saturated heterocycles. The molecular weight excluding hydrogens is 250 g/mol. The first-order valence-electron chi connectivity index (χ1n) is 6.21. The number of amides is 1. The number of nitriles is 1. The van der Waals surface area contributed by atoms with Crippen molar-refractivity contribution < 1.29 is 13.6 Å². The highest BCUT2D eigenvalue weighted by Gasteiger charge is 2.22. The number of carbonyl (C=O) groups excluding carboxylic acids is 1. The summed E-state index contributed by atoms with van der Waals surface area (Å²) in [7, 11) is 0. The lowest BCUT2D eigenvalue weighted by Gasteiger charge is -2.29. The van der Waals surface area contributed by atoms with Crippen LogP contribution in [-0.2, 0) is 11.2 Å². The van der Waals surface area contributed by atoms with Gasteiger partial charge < -0.3 is 4.90 Å². The van der Waals surface area contributed by atoms with Gasteiger partial charge in [-0.1, -0.05) is 6.07 Å². The van der Waals surface area contributed by atoms with Crippen LogP contribution in [0, 0.1) is 28.9 Å². The van der Waals surface area contributed by atoms with Gasteiger partial charge in [0.2, 0.25) is 5.91 Å². The molecule has 1 amide bonds. The van der Waals surface area contributed by atoms with Crippen LogP contribution < -0.4 is 0 Å². The first-order chi connectivity index (χ1) is 9.10. The Balaban J connectivity index is 1.94. The summed E-state index contributed by atoms with van der Waals surface area (Å²) < 4.78 is 25.8. The standard InChI is InChI=1S/C14H14F2N2O/c15-12-2-1-11(7-13(12)16)8-14(19)18-5-3-10(9-17)4-6-18/h1-2,7,10H,3-6,8H2. The molecule has 1 fully saturated rings. The van der Waals surface area contributed by atoms with E-state index in [0.717, 1.165) is 12.1 Å². The van der Waals surface area contributed by atoms with Crippen molar-refractivity contribution in [1.82, 2.24) is 4.90 Å². The van der Waals surface area contributed by atoms with Gasteiger partial charge in [0, 0.05) is 19.0 Å². The number of benzene rings is 1. The van der Waals surface area contributed by atoms with E-state index in [0.29, 0.717) is 31.5 Å². The zero-order valence-electron chi connectivity index (χ0n) is 10.4. The first-order valence-corrected chi connectivity index (χ1v) is 6.21. The molecule has 1 aromatic rings. The quantitative estimate of drug-likeness (QED) is 0.822. The Kier molecular flexibility index (Phi) is 4.10. The minimum atomic E-state index is -0.937. The van der Waals surface area contributed by atoms with Gasteiger partial charge in [-0.2, -0.15) is 5.26 Å². The number of likely N-dealkylation sites (tertiary alicyclic amines) is 1. The second-order valence-electron chi connectivity index (χ2n) is 4.71. The molecule has 1 aliphatic heterocycles. The van der Waals surface area contributed by atoms with Crippen LogP contribution in [0.3, 0.4) is 0 Å². The van der Waals surface area contributed by atoms with Crippen LogP contribution in [0.2, 0.25) is 0 Å². The number of hydrogen-bond acceptors (Lipinski definition) is 2. The molecule has 100 valence electrons. The fourth-order valence-corrected chi connectivity index (χ4v) is 2.19. The Hall–Kier alpha value is -1.96. The first kappa shape index (κ1) is 13.5. The van der Waals surface area contributed by atoms with Gasteiger partial charge in [-0.05, 0) is 30.5 Å². The van der Waals surface area contributed by atoms with Gasteiger partial charge in [-0.3, -0.25) is 4.79 Å². The van der Waals surface area contributed by atoms with Crippen LogP contribution in [0.15, 0.2) is 18.2 Å². The van der Waals surface area contributed by atoms with Crippen molar-refractivity contribution in [2.45, 2.75) is 19.3 Å². The van der Waals surface area contributed by atoms with E-state index in [9.17, 15) is 13.6 Å². The average Bonchev–Trinajstić information content (AvgIpc) is 2.43. The van der Waals surface area contributed by atoms with Crippen molar-refractivity contribution in [3.8, 4) is 6.07 Å². The maximum Gasteiger partial charge on any atom is 0.226 e. The van der Waals surface area contributed by atoms with E-state index in [-0.39, 0.29) is 18.2 Å². The predicted molar refractivity (Wildman–Crippen MR) is 65.0 cm³/mol. The van der Waals surface area contributed by atoms with Crippen LogP contribution in [0.5, 0.6) is 0 Å². The highest BCUT2D eigenvalue weighted by Crippen LogP contribution is 2.17. The molecule has 3 nitrogen and oxygen atoms in total. The van der Waals surface area contributed by atoms with E-state index in [1.807, 2.05) is 0 Å². The predicted octanol–water partition coefficient (Wildman–Crippen LogP) is 2.27. The van der Waals surface area contributed by atoms with Crippen molar-refractivity contribution >= 4 is 5.91 Å². The van der Waals surface area contributed by atoms with Crippen LogP contribution >= 0.6 is 0 Å². The molecule has 1 heterocycles. The van der Waals surface area contributed by atoms with Gasteiger partial charge in [0.05, 0.1) is 12.5 Å². The molecule has 0 N–H and O–H groups in total. The van der Waals surface area contributed by atoms with E-state index in [2.05, 4.69) is 6.07 Å². The fourth-order valence-electron chi connectivity index (χ4n) is 2.19. The molecule has 1 aliphatic rings. The summed E-state index contributed by atoms with van der Waals surface area (Å²) in [6.45, 7) is 1.11. The maximum absolute atomic E-state index is 13.0. The number of nitrogens with zero attached hydrogens (tertiary/aromatic N) is 2. The average molecular weight is 264 g/mol. The highest BCUT2D eigenvalue weighted by atomic mass is 19.2. The zero-order chi connectivity index (χ0) is 13.8. The highest BCUT2D eigenvalue weighted by molar-refractivity contribution is 5.78. The van der Waals surface area contributed by atoms with Gasteiger partial charge in [-0.15, -0.1) is 0 Å². The van der Waals surface area contributed by atoms with E-state index >= 15 is 0 Å². The third kappa shape index (κ3) is 3.28. The van der Waals surface area contributed by atoms with E-state index < -0.39 is 11.6 Å². The van der Waals surface area contributed by atoms with E-state index in [1.165, 1.54) is 6.07 Å². The lowest BCUT2D eigenvalue weighted by atomic mass is 9.98. The normalized spacial score (nSPS) is 16.2. The molecule has 19 heavy (non-hydrogen) atoms. The Morgan fingerprint density at radius 2 is 2.00 bits per heavy atom. The molecule has 0 saturated carbocycles. The minimum Gasteiger partial charge on any atom is -0.342 e. The minimum absolute atomic E-state index is 0.0207. The molecule has 0 radical (unpaired) electrons. The number of carbonyl (C=O) groups is 1. The number of piperidine rings is 1. The molecule has 0 aliphatic carbocycles. The summed E-state index contributed by atoms with van der Waals surface area (Å²) in [5.74, 6) is -1.94. The zero-order valence-corrected chi connectivity index (χ0v) is 10.4. The molecule has 0 spiro atoms. The van der Waals surface area contributed by atoms with E-state index in [4.69, 9.17) is 5.26 Å². The van der Waals surface area contributed by atoms with Gasteiger partial charge >= 0.3 is 0 Å². The summed E-state index contributed by atoms with van der Waals surface area (Å²) in [5, 5.41) is 8.78. The Morgan fingerprint density at radius 1 is 1.32 bits per heavy atom. The van der Waals surface area contributed by atoms with Crippen LogP contribution in [0.25, 0.3) is 0 Å². The van der Waals surface area contributed by atoms with Crippen molar-refractivity contribution in [1.29, 1.82) is 5.26 Å². The van der Waals surface area contributed by atoms with Crippen LogP contribution in [0.4, 0.5) is 8.78 Å². The Bertz CT molecular complexity index is 517. The summed E-state index contributed by atoms with van der Waals surface area (Å²) in [6.07, 6.45) is 1.43. The largest absolute Gasteiger partial charge is 0.342 e. The lowest BCUT2D eigenvalue weighted by Crippen LogP contribution is -2.39. The fraction of sp³-hybridized carbons (Fsp3) is 0.429. The van der Waals surface area contributed by atoms with Crippen LogP contribution in [-0.4, -0.2) is 23.9 Å². The van der Waals surface area contributed by atoms with Crippen molar-refractivity contribution in [2.75, 3.05) is 13.1 Å². The summed E-state index contributed by atoms with van der Waals surface area (Å²) in [5.41, 5.74) is 0.464. The second-order valence-corrected chi connectivity index (χ2v) is 4.71. The Morgan fingerprint density at radius 3 is 2.58 bits per heavy atom. The van der Waals surface area contributed by atoms with Gasteiger partial charge in [-0.25, -0.2) is 8.78 Å². The number of rotatable bonds is 2. The molecule has 2 rings (SSSR count). The monoisotopic (exact) mass is 264 g/mol. The third-order valence-electron chi connectivity index (χ3n) is 3.37. The van der Waals surface area contributed by atoms with Crippen molar-refractivity contribution in [3.05, 3.63) is 35.4 Å². The van der Waals surface area contributed by atoms with Gasteiger partial charge in [0.25, 0.3) is 0 Å². The lowest BCUT2D eigenvalue weighted by molar-refractivity contribution is -0.131. The Labute approximate surface area is 110 Å². The molecule has 5 heteroatoms. The second kappa shape index (κ2) is 5.79. The van der Waals surface area contributed by atoms with Crippen molar-refractivity contribution in [3.63, 3.8) is 0 Å². The summed E-state index contributed by atoms with van der Waals surface area (Å²) in [6, 6.07) is 5.69. The molecule has 0 bridgehead atoms. The number of hydrogen-bond donors (Lipinski definition) is 0. The number of halogens is 2. The molecular formula is C14H14F2N2O. The topological polar surface area (TPSA) is 44.1 Å². The molecule has 0 unspecified atom stereocenters. The molecule has 0 aromatic heterocycles. The summed E-state index contributed by atoms with van der Waals surface area (Å²) in [4.78, 5) is 13.7. The van der Waals surface area contributed by atoms with Crippen LogP contribution in [0.1, 0.15) is 18.4 Å². The van der Waals surface area contributed by atoms with Gasteiger partial charge in [0.1, 0.15) is 0 Å². The van der Waals surface area contributed by atoms with Gasteiger partial charge in [0.15, 0.2) is 11.6 Å². The van der Waals surface area contributed by atoms with E-state index in [1.54, 1.807) is 4.90 Å². The smallest absolute Gasteiger partial charge is 0.226 e. The maximum atomic E-state index is 13.0.